The number of halogens is 1. The standard InChI is InChI=1S/C23H27IO4/c24-15-23-21(27-17-19-10-5-2-6-11-19)14-22(28-23)20(12-7-13-25)26-16-18-8-3-1-4-9-18/h1-6,8-11,13,20-23H,7,12,14-17H2/t20-,21+,22+,23?/m0/s1. The van der Waals surface area contributed by atoms with E-state index in [1.165, 1.54) is 0 Å². The highest BCUT2D eigenvalue weighted by Crippen LogP contribution is 2.30. The Hall–Kier alpha value is -1.28. The third-order valence-electron chi connectivity index (χ3n) is 4.98. The smallest absolute Gasteiger partial charge is 0.120 e. The van der Waals surface area contributed by atoms with Gasteiger partial charge in [-0.15, -0.1) is 0 Å². The molecule has 2 aromatic carbocycles. The maximum atomic E-state index is 10.9. The summed E-state index contributed by atoms with van der Waals surface area (Å²) < 4.78 is 19.5. The van der Waals surface area contributed by atoms with Gasteiger partial charge in [0, 0.05) is 17.3 Å². The minimum Gasteiger partial charge on any atom is -0.371 e. The fourth-order valence-corrected chi connectivity index (χ4v) is 4.24. The highest BCUT2D eigenvalue weighted by molar-refractivity contribution is 14.1. The second-order valence-electron chi connectivity index (χ2n) is 7.02. The molecule has 1 saturated heterocycles. The number of rotatable bonds is 11. The van der Waals surface area contributed by atoms with Crippen molar-refractivity contribution in [1.29, 1.82) is 0 Å². The van der Waals surface area contributed by atoms with E-state index in [0.717, 1.165) is 28.3 Å². The van der Waals surface area contributed by atoms with Crippen LogP contribution in [0.1, 0.15) is 30.4 Å². The topological polar surface area (TPSA) is 44.8 Å². The number of hydrogen-bond donors (Lipinski definition) is 0. The molecule has 4 nitrogen and oxygen atoms in total. The van der Waals surface area contributed by atoms with Crippen molar-refractivity contribution < 1.29 is 19.0 Å². The SMILES string of the molecule is O=CCC[C@H](OCc1ccccc1)[C@H]1C[C@@H](OCc2ccccc2)C(CI)O1. The first-order valence-electron chi connectivity index (χ1n) is 9.76. The first-order valence-corrected chi connectivity index (χ1v) is 11.3. The summed E-state index contributed by atoms with van der Waals surface area (Å²) in [6, 6.07) is 20.3. The Morgan fingerprint density at radius 3 is 2.29 bits per heavy atom. The van der Waals surface area contributed by atoms with Crippen molar-refractivity contribution in [1.82, 2.24) is 0 Å². The van der Waals surface area contributed by atoms with Crippen LogP contribution in [0.3, 0.4) is 0 Å². The predicted molar refractivity (Wildman–Crippen MR) is 118 cm³/mol. The molecule has 0 spiro atoms. The molecule has 0 radical (unpaired) electrons. The fraction of sp³-hybridized carbons (Fsp3) is 0.435. The van der Waals surface area contributed by atoms with Gasteiger partial charge in [-0.25, -0.2) is 0 Å². The van der Waals surface area contributed by atoms with E-state index in [9.17, 15) is 4.79 Å². The van der Waals surface area contributed by atoms with Crippen molar-refractivity contribution in [2.75, 3.05) is 4.43 Å². The van der Waals surface area contributed by atoms with E-state index in [0.29, 0.717) is 26.1 Å². The molecule has 0 amide bonds. The number of benzene rings is 2. The lowest BCUT2D eigenvalue weighted by molar-refractivity contribution is -0.110. The monoisotopic (exact) mass is 494 g/mol. The van der Waals surface area contributed by atoms with E-state index < -0.39 is 0 Å². The Morgan fingerprint density at radius 1 is 1.04 bits per heavy atom. The van der Waals surface area contributed by atoms with Crippen LogP contribution >= 0.6 is 22.6 Å². The van der Waals surface area contributed by atoms with Crippen LogP contribution in [-0.2, 0) is 32.2 Å². The van der Waals surface area contributed by atoms with Gasteiger partial charge in [0.25, 0.3) is 0 Å². The average Bonchev–Trinajstić information content (AvgIpc) is 3.17. The molecule has 1 aliphatic heterocycles. The van der Waals surface area contributed by atoms with Crippen LogP contribution in [0.15, 0.2) is 60.7 Å². The van der Waals surface area contributed by atoms with Crippen LogP contribution in [0, 0.1) is 0 Å². The van der Waals surface area contributed by atoms with Crippen molar-refractivity contribution in [2.45, 2.75) is 56.9 Å². The van der Waals surface area contributed by atoms with E-state index in [1.54, 1.807) is 0 Å². The molecule has 28 heavy (non-hydrogen) atoms. The van der Waals surface area contributed by atoms with E-state index >= 15 is 0 Å². The van der Waals surface area contributed by atoms with Crippen LogP contribution in [0.25, 0.3) is 0 Å². The van der Waals surface area contributed by atoms with E-state index in [2.05, 4.69) is 34.7 Å². The number of hydrogen-bond acceptors (Lipinski definition) is 4. The van der Waals surface area contributed by atoms with Crippen LogP contribution in [0.4, 0.5) is 0 Å². The van der Waals surface area contributed by atoms with Gasteiger partial charge in [-0.05, 0) is 17.5 Å². The van der Waals surface area contributed by atoms with Crippen LogP contribution in [-0.4, -0.2) is 35.1 Å². The molecule has 4 atom stereocenters. The zero-order chi connectivity index (χ0) is 19.6. The van der Waals surface area contributed by atoms with Gasteiger partial charge in [-0.2, -0.15) is 0 Å². The molecule has 0 N–H and O–H groups in total. The second kappa shape index (κ2) is 11.7. The third kappa shape index (κ3) is 6.37. The normalized spacial score (nSPS) is 22.8. The molecule has 0 aliphatic carbocycles. The predicted octanol–water partition coefficient (Wildman–Crippen LogP) is 4.73. The van der Waals surface area contributed by atoms with Crippen molar-refractivity contribution in [2.24, 2.45) is 0 Å². The third-order valence-corrected chi connectivity index (χ3v) is 5.85. The minimum atomic E-state index is -0.110. The maximum Gasteiger partial charge on any atom is 0.120 e. The van der Waals surface area contributed by atoms with Crippen molar-refractivity contribution in [3.63, 3.8) is 0 Å². The molecular formula is C23H27IO4. The van der Waals surface area contributed by atoms with Crippen molar-refractivity contribution in [3.05, 3.63) is 71.8 Å². The van der Waals surface area contributed by atoms with E-state index in [1.807, 2.05) is 48.5 Å². The summed E-state index contributed by atoms with van der Waals surface area (Å²) in [6.45, 7) is 1.10. The molecule has 1 aliphatic rings. The lowest BCUT2D eigenvalue weighted by Gasteiger charge is -2.23. The maximum absolute atomic E-state index is 10.9. The highest BCUT2D eigenvalue weighted by Gasteiger charge is 2.39. The van der Waals surface area contributed by atoms with Crippen LogP contribution in [0.2, 0.25) is 0 Å². The summed E-state index contributed by atoms with van der Waals surface area (Å²) in [5.41, 5.74) is 2.29. The molecule has 0 saturated carbocycles. The first kappa shape index (κ1) is 21.4. The van der Waals surface area contributed by atoms with Crippen LogP contribution in [0.5, 0.6) is 0 Å². The Labute approximate surface area is 180 Å². The van der Waals surface area contributed by atoms with Crippen LogP contribution < -0.4 is 0 Å². The molecule has 0 bridgehead atoms. The summed E-state index contributed by atoms with van der Waals surface area (Å²) in [4.78, 5) is 10.9. The quantitative estimate of drug-likeness (QED) is 0.258. The number of alkyl halides is 1. The molecule has 3 rings (SSSR count). The Morgan fingerprint density at radius 2 is 1.68 bits per heavy atom. The van der Waals surface area contributed by atoms with Gasteiger partial charge < -0.3 is 19.0 Å². The van der Waals surface area contributed by atoms with Crippen molar-refractivity contribution >= 4 is 28.9 Å². The zero-order valence-electron chi connectivity index (χ0n) is 15.9. The number of aldehydes is 1. The molecule has 5 heteroatoms. The zero-order valence-corrected chi connectivity index (χ0v) is 18.1. The molecule has 1 fully saturated rings. The summed E-state index contributed by atoms with van der Waals surface area (Å²) in [5, 5.41) is 0. The lowest BCUT2D eigenvalue weighted by Crippen LogP contribution is -2.30. The molecule has 1 heterocycles. The fourth-order valence-electron chi connectivity index (χ4n) is 3.46. The van der Waals surface area contributed by atoms with Crippen molar-refractivity contribution in [3.8, 4) is 0 Å². The van der Waals surface area contributed by atoms with Gasteiger partial charge in [0.1, 0.15) is 6.29 Å². The number of carbonyl (C=O) groups excluding carboxylic acids is 1. The summed E-state index contributed by atoms with van der Waals surface area (Å²) in [5.74, 6) is 0. The Balaban J connectivity index is 1.58. The summed E-state index contributed by atoms with van der Waals surface area (Å²) in [6.07, 6.45) is 2.82. The first-order chi connectivity index (χ1) is 13.8. The van der Waals surface area contributed by atoms with E-state index in [4.69, 9.17) is 14.2 Å². The minimum absolute atomic E-state index is 0.0427. The molecule has 0 aromatic heterocycles. The summed E-state index contributed by atoms with van der Waals surface area (Å²) >= 11 is 2.35. The van der Waals surface area contributed by atoms with Gasteiger partial charge in [0.05, 0.1) is 37.6 Å². The average molecular weight is 494 g/mol. The molecular weight excluding hydrogens is 467 g/mol. The molecule has 150 valence electrons. The largest absolute Gasteiger partial charge is 0.371 e. The molecule has 2 aromatic rings. The Kier molecular flexibility index (Phi) is 8.92. The van der Waals surface area contributed by atoms with Gasteiger partial charge in [0.15, 0.2) is 0 Å². The lowest BCUT2D eigenvalue weighted by atomic mass is 10.0. The number of ether oxygens (including phenoxy) is 3. The van der Waals surface area contributed by atoms with Gasteiger partial charge in [0.2, 0.25) is 0 Å². The highest BCUT2D eigenvalue weighted by atomic mass is 127. The second-order valence-corrected chi connectivity index (χ2v) is 7.90. The van der Waals surface area contributed by atoms with Gasteiger partial charge >= 0.3 is 0 Å². The molecule has 1 unspecified atom stereocenters. The van der Waals surface area contributed by atoms with E-state index in [-0.39, 0.29) is 24.4 Å². The Bertz CT molecular complexity index is 694. The van der Waals surface area contributed by atoms with Gasteiger partial charge in [-0.1, -0.05) is 83.3 Å². The summed E-state index contributed by atoms with van der Waals surface area (Å²) in [7, 11) is 0. The number of carbonyl (C=O) groups is 1. The van der Waals surface area contributed by atoms with Gasteiger partial charge in [-0.3, -0.25) is 0 Å².